The summed E-state index contributed by atoms with van der Waals surface area (Å²) in [4.78, 5) is 11.5. The van der Waals surface area contributed by atoms with Gasteiger partial charge in [-0.15, -0.1) is 0 Å². The van der Waals surface area contributed by atoms with Gasteiger partial charge in [-0.05, 0) is 18.2 Å². The van der Waals surface area contributed by atoms with Crippen molar-refractivity contribution in [2.45, 2.75) is 0 Å². The van der Waals surface area contributed by atoms with E-state index in [1.54, 1.807) is 0 Å². The maximum Gasteiger partial charge on any atom is 0.338 e. The first-order valence-electron chi connectivity index (χ1n) is 4.94. The first kappa shape index (κ1) is 12.6. The zero-order valence-corrected chi connectivity index (χ0v) is 10.5. The fourth-order valence-electron chi connectivity index (χ4n) is 1.75. The van der Waals surface area contributed by atoms with Crippen molar-refractivity contribution in [3.63, 3.8) is 0 Å². The number of methoxy groups -OCH3 is 1. The largest absolute Gasteiger partial charge is 0.465 e. The number of halogens is 1. The Morgan fingerprint density at radius 3 is 2.61 bits per heavy atom. The summed E-state index contributed by atoms with van der Waals surface area (Å²) in [7, 11) is -2.38. The van der Waals surface area contributed by atoms with Gasteiger partial charge in [0, 0.05) is 11.6 Å². The topological polar surface area (TPSA) is 65.4 Å². The number of aromatic nitrogens is 1. The molecule has 0 saturated carbocycles. The molecule has 0 unspecified atom stereocenters. The first-order chi connectivity index (χ1) is 8.34. The van der Waals surface area contributed by atoms with Crippen molar-refractivity contribution in [3.05, 3.63) is 35.8 Å². The van der Waals surface area contributed by atoms with Crippen molar-refractivity contribution >= 4 is 26.9 Å². The molecule has 0 N–H and O–H groups in total. The molecule has 0 bridgehead atoms. The molecule has 0 radical (unpaired) electrons. The molecule has 0 aliphatic heterocycles. The van der Waals surface area contributed by atoms with Crippen LogP contribution >= 0.6 is 0 Å². The number of benzene rings is 1. The molecule has 0 fully saturated rings. The molecule has 0 saturated heterocycles. The van der Waals surface area contributed by atoms with Gasteiger partial charge in [-0.1, -0.05) is 0 Å². The Morgan fingerprint density at radius 2 is 2.06 bits per heavy atom. The Bertz CT molecular complexity index is 733. The Labute approximate surface area is 103 Å². The summed E-state index contributed by atoms with van der Waals surface area (Å²) >= 11 is 0. The van der Waals surface area contributed by atoms with E-state index < -0.39 is 21.8 Å². The van der Waals surface area contributed by atoms with E-state index in [9.17, 15) is 17.6 Å². The molecule has 0 atom stereocenters. The number of carbonyl (C=O) groups excluding carboxylic acids is 1. The molecule has 96 valence electrons. The third kappa shape index (κ3) is 1.97. The number of fused-ring (bicyclic) bond motifs is 1. The maximum atomic E-state index is 13.4. The van der Waals surface area contributed by atoms with Crippen molar-refractivity contribution < 1.29 is 22.3 Å². The molecule has 2 aromatic rings. The van der Waals surface area contributed by atoms with Crippen LogP contribution in [0.1, 0.15) is 10.4 Å². The quantitative estimate of drug-likeness (QED) is 0.774. The highest BCUT2D eigenvalue weighted by Crippen LogP contribution is 2.23. The molecule has 2 rings (SSSR count). The van der Waals surface area contributed by atoms with Gasteiger partial charge in [0.05, 0.1) is 24.4 Å². The number of nitrogens with zero attached hydrogens (tertiary/aromatic N) is 1. The Kier molecular flexibility index (Phi) is 2.86. The Balaban J connectivity index is 2.85. The van der Waals surface area contributed by atoms with E-state index in [0.29, 0.717) is 5.39 Å². The van der Waals surface area contributed by atoms with E-state index in [1.165, 1.54) is 19.4 Å². The number of carbonyl (C=O) groups is 1. The summed E-state index contributed by atoms with van der Waals surface area (Å²) in [6, 6.07) is 3.51. The fraction of sp³-hybridized carbons (Fsp3) is 0.182. The minimum absolute atomic E-state index is 0.00472. The number of hydrogen-bond donors (Lipinski definition) is 0. The fourth-order valence-corrected chi connectivity index (χ4v) is 2.54. The summed E-state index contributed by atoms with van der Waals surface area (Å²) in [6.07, 6.45) is 2.26. The summed E-state index contributed by atoms with van der Waals surface area (Å²) in [6.45, 7) is 0. The van der Waals surface area contributed by atoms with Crippen molar-refractivity contribution in [3.8, 4) is 0 Å². The van der Waals surface area contributed by atoms with Crippen LogP contribution in [0.4, 0.5) is 4.39 Å². The van der Waals surface area contributed by atoms with Gasteiger partial charge in [-0.3, -0.25) is 0 Å². The molecule has 5 nitrogen and oxygen atoms in total. The van der Waals surface area contributed by atoms with Gasteiger partial charge in [-0.25, -0.2) is 21.6 Å². The van der Waals surface area contributed by atoms with E-state index in [0.717, 1.165) is 22.4 Å². The lowest BCUT2D eigenvalue weighted by atomic mass is 10.1. The average molecular weight is 271 g/mol. The minimum atomic E-state index is -3.55. The summed E-state index contributed by atoms with van der Waals surface area (Å²) in [5.74, 6) is -1.42. The maximum absolute atomic E-state index is 13.4. The van der Waals surface area contributed by atoms with Crippen LogP contribution in [-0.2, 0) is 14.8 Å². The molecule has 0 aliphatic rings. The molecule has 1 heterocycles. The second-order valence-electron chi connectivity index (χ2n) is 3.75. The molecule has 18 heavy (non-hydrogen) atoms. The van der Waals surface area contributed by atoms with Crippen molar-refractivity contribution in [1.29, 1.82) is 0 Å². The monoisotopic (exact) mass is 271 g/mol. The second-order valence-corrected chi connectivity index (χ2v) is 5.61. The molecule has 7 heteroatoms. The van der Waals surface area contributed by atoms with Gasteiger partial charge in [0.1, 0.15) is 5.82 Å². The zero-order valence-electron chi connectivity index (χ0n) is 9.68. The highest BCUT2D eigenvalue weighted by Gasteiger charge is 2.17. The minimum Gasteiger partial charge on any atom is -0.465 e. The molecule has 1 aromatic heterocycles. The van der Waals surface area contributed by atoms with Crippen LogP contribution in [0, 0.1) is 5.82 Å². The van der Waals surface area contributed by atoms with Crippen LogP contribution in [0.3, 0.4) is 0 Å². The lowest BCUT2D eigenvalue weighted by Crippen LogP contribution is -2.09. The molecular formula is C11H10FNO4S. The van der Waals surface area contributed by atoms with Crippen LogP contribution < -0.4 is 0 Å². The van der Waals surface area contributed by atoms with Gasteiger partial charge in [0.15, 0.2) is 0 Å². The Hall–Kier alpha value is -1.89. The van der Waals surface area contributed by atoms with Crippen LogP contribution in [0.5, 0.6) is 0 Å². The third-order valence-corrected chi connectivity index (χ3v) is 3.53. The standard InChI is InChI=1S/C11H10FNO4S/c1-17-11(14)9-5-7(12)6-10-8(9)3-4-13(10)18(2,15)16/h3-6H,1-2H3. The number of esters is 1. The second kappa shape index (κ2) is 4.09. The van der Waals surface area contributed by atoms with Gasteiger partial charge in [0.2, 0.25) is 10.0 Å². The lowest BCUT2D eigenvalue weighted by molar-refractivity contribution is 0.0602. The predicted octanol–water partition coefficient (Wildman–Crippen LogP) is 1.37. The molecule has 0 spiro atoms. The van der Waals surface area contributed by atoms with Gasteiger partial charge >= 0.3 is 5.97 Å². The number of hydrogen-bond acceptors (Lipinski definition) is 4. The summed E-state index contributed by atoms with van der Waals surface area (Å²) in [5, 5.41) is 0.327. The van der Waals surface area contributed by atoms with E-state index >= 15 is 0 Å². The van der Waals surface area contributed by atoms with E-state index in [-0.39, 0.29) is 11.1 Å². The van der Waals surface area contributed by atoms with Crippen molar-refractivity contribution in [2.24, 2.45) is 0 Å². The van der Waals surface area contributed by atoms with Crippen LogP contribution in [0.25, 0.3) is 10.9 Å². The average Bonchev–Trinajstić information content (AvgIpc) is 2.69. The highest BCUT2D eigenvalue weighted by atomic mass is 32.2. The molecular weight excluding hydrogens is 261 g/mol. The lowest BCUT2D eigenvalue weighted by Gasteiger charge is -2.05. The van der Waals surface area contributed by atoms with E-state index in [1.807, 2.05) is 0 Å². The first-order valence-corrected chi connectivity index (χ1v) is 6.79. The van der Waals surface area contributed by atoms with Gasteiger partial charge < -0.3 is 4.74 Å². The van der Waals surface area contributed by atoms with Crippen molar-refractivity contribution in [1.82, 2.24) is 3.97 Å². The third-order valence-electron chi connectivity index (χ3n) is 2.50. The number of ether oxygens (including phenoxy) is 1. The van der Waals surface area contributed by atoms with Crippen molar-refractivity contribution in [2.75, 3.05) is 13.4 Å². The van der Waals surface area contributed by atoms with Crippen LogP contribution in [0.15, 0.2) is 24.4 Å². The van der Waals surface area contributed by atoms with E-state index in [2.05, 4.69) is 4.74 Å². The molecule has 0 amide bonds. The normalized spacial score (nSPS) is 11.7. The summed E-state index contributed by atoms with van der Waals surface area (Å²) < 4.78 is 41.9. The van der Waals surface area contributed by atoms with Crippen LogP contribution in [-0.4, -0.2) is 31.7 Å². The molecule has 1 aromatic carbocycles. The predicted molar refractivity (Wildman–Crippen MR) is 63.5 cm³/mol. The Morgan fingerprint density at radius 1 is 1.39 bits per heavy atom. The zero-order chi connectivity index (χ0) is 13.5. The van der Waals surface area contributed by atoms with Crippen LogP contribution in [0.2, 0.25) is 0 Å². The number of rotatable bonds is 2. The van der Waals surface area contributed by atoms with Gasteiger partial charge in [0.25, 0.3) is 0 Å². The molecule has 0 aliphatic carbocycles. The highest BCUT2D eigenvalue weighted by molar-refractivity contribution is 7.89. The van der Waals surface area contributed by atoms with E-state index in [4.69, 9.17) is 0 Å². The SMILES string of the molecule is COC(=O)c1cc(F)cc2c1ccn2S(C)(=O)=O. The smallest absolute Gasteiger partial charge is 0.338 e. The van der Waals surface area contributed by atoms with Gasteiger partial charge in [-0.2, -0.15) is 0 Å². The summed E-state index contributed by atoms with van der Waals surface area (Å²) in [5.41, 5.74) is 0.104.